The number of nitrogens with zero attached hydrogens (tertiary/aromatic N) is 3. The monoisotopic (exact) mass is 431 g/mol. The number of hydrogen-bond donors (Lipinski definition) is 0. The number of anilines is 2. The largest absolute Gasteiger partial charge is 0.369 e. The molecule has 0 bridgehead atoms. The number of carbonyl (C=O) groups is 2. The van der Waals surface area contributed by atoms with Crippen LogP contribution in [0.4, 0.5) is 15.8 Å². The summed E-state index contributed by atoms with van der Waals surface area (Å²) in [7, 11) is 0. The molecule has 1 atom stereocenters. The van der Waals surface area contributed by atoms with Gasteiger partial charge in [0.2, 0.25) is 5.91 Å². The van der Waals surface area contributed by atoms with Crippen LogP contribution in [0.25, 0.3) is 0 Å². The summed E-state index contributed by atoms with van der Waals surface area (Å²) in [4.78, 5) is 30.9. The molecule has 27 heavy (non-hydrogen) atoms. The van der Waals surface area contributed by atoms with Crippen LogP contribution >= 0.6 is 15.9 Å². The fraction of sp³-hybridized carbons (Fsp3) is 0.300. The number of benzene rings is 2. The minimum absolute atomic E-state index is 0.159. The number of amides is 2. The van der Waals surface area contributed by atoms with Gasteiger partial charge in [0.15, 0.2) is 0 Å². The predicted octanol–water partition coefficient (Wildman–Crippen LogP) is 3.04. The Hall–Kier alpha value is -2.25. The molecule has 2 fully saturated rings. The molecule has 2 aromatic carbocycles. The Kier molecular flexibility index (Phi) is 4.97. The zero-order valence-electron chi connectivity index (χ0n) is 14.6. The molecule has 0 radical (unpaired) electrons. The van der Waals surface area contributed by atoms with E-state index < -0.39 is 6.04 Å². The van der Waals surface area contributed by atoms with E-state index >= 15 is 0 Å². The lowest BCUT2D eigenvalue weighted by atomic mass is 10.1. The van der Waals surface area contributed by atoms with Crippen LogP contribution in [0.2, 0.25) is 0 Å². The van der Waals surface area contributed by atoms with Gasteiger partial charge < -0.3 is 4.90 Å². The summed E-state index contributed by atoms with van der Waals surface area (Å²) in [5.74, 6) is -0.572. The number of hydrogen-bond acceptors (Lipinski definition) is 4. The molecule has 4 rings (SSSR count). The second kappa shape index (κ2) is 7.40. The zero-order valence-corrected chi connectivity index (χ0v) is 16.2. The normalized spacial score (nSPS) is 21.2. The van der Waals surface area contributed by atoms with Crippen LogP contribution in [0.3, 0.4) is 0 Å². The maximum atomic E-state index is 13.1. The van der Waals surface area contributed by atoms with Gasteiger partial charge in [-0.1, -0.05) is 22.0 Å². The lowest BCUT2D eigenvalue weighted by molar-refractivity contribution is -0.123. The average Bonchev–Trinajstić information content (AvgIpc) is 2.97. The molecule has 2 heterocycles. The Balaban J connectivity index is 1.44. The van der Waals surface area contributed by atoms with Gasteiger partial charge in [0.25, 0.3) is 5.91 Å². The first-order chi connectivity index (χ1) is 13.0. The molecule has 0 aromatic heterocycles. The molecular formula is C20H19BrFN3O2. The van der Waals surface area contributed by atoms with E-state index in [0.717, 1.165) is 23.2 Å². The van der Waals surface area contributed by atoms with Gasteiger partial charge in [-0.2, -0.15) is 0 Å². The minimum Gasteiger partial charge on any atom is -0.369 e. The molecule has 0 unspecified atom stereocenters. The summed E-state index contributed by atoms with van der Waals surface area (Å²) in [6, 6.07) is 13.3. The summed E-state index contributed by atoms with van der Waals surface area (Å²) in [5.41, 5.74) is 1.58. The topological polar surface area (TPSA) is 43.9 Å². The van der Waals surface area contributed by atoms with Crippen LogP contribution in [-0.4, -0.2) is 48.9 Å². The average molecular weight is 432 g/mol. The summed E-state index contributed by atoms with van der Waals surface area (Å²) < 4.78 is 13.9. The standard InChI is InChI=1S/C20H19BrFN3O2/c21-14-2-1-3-17(12-14)25-19(26)13-18(20(25)27)24-10-8-23(9-11-24)16-6-4-15(22)5-7-16/h1-7,12,18H,8-11,13H2/t18-/m1/s1. The fourth-order valence-corrected chi connectivity index (χ4v) is 4.12. The highest BCUT2D eigenvalue weighted by Crippen LogP contribution is 2.28. The van der Waals surface area contributed by atoms with E-state index in [2.05, 4.69) is 25.7 Å². The fourth-order valence-electron chi connectivity index (χ4n) is 3.73. The Bertz CT molecular complexity index is 866. The lowest BCUT2D eigenvalue weighted by Gasteiger charge is -2.38. The molecule has 5 nitrogen and oxygen atoms in total. The summed E-state index contributed by atoms with van der Waals surface area (Å²) >= 11 is 3.39. The van der Waals surface area contributed by atoms with E-state index in [9.17, 15) is 14.0 Å². The van der Waals surface area contributed by atoms with E-state index in [1.54, 1.807) is 24.3 Å². The molecule has 2 saturated heterocycles. The highest BCUT2D eigenvalue weighted by Gasteiger charge is 2.43. The van der Waals surface area contributed by atoms with Crippen LogP contribution in [-0.2, 0) is 9.59 Å². The number of rotatable bonds is 3. The Morgan fingerprint density at radius 1 is 0.926 bits per heavy atom. The van der Waals surface area contributed by atoms with Gasteiger partial charge in [-0.25, -0.2) is 9.29 Å². The lowest BCUT2D eigenvalue weighted by Crippen LogP contribution is -2.52. The third-order valence-corrected chi connectivity index (χ3v) is 5.63. The number of piperazine rings is 1. The van der Waals surface area contributed by atoms with Crippen molar-refractivity contribution in [3.63, 3.8) is 0 Å². The van der Waals surface area contributed by atoms with E-state index in [1.165, 1.54) is 17.0 Å². The second-order valence-electron chi connectivity index (χ2n) is 6.77. The first-order valence-electron chi connectivity index (χ1n) is 8.90. The van der Waals surface area contributed by atoms with Gasteiger partial charge in [0, 0.05) is 36.3 Å². The first-order valence-corrected chi connectivity index (χ1v) is 9.69. The van der Waals surface area contributed by atoms with Gasteiger partial charge >= 0.3 is 0 Å². The van der Waals surface area contributed by atoms with Crippen molar-refractivity contribution in [2.45, 2.75) is 12.5 Å². The van der Waals surface area contributed by atoms with E-state index in [-0.39, 0.29) is 24.1 Å². The third kappa shape index (κ3) is 3.61. The minimum atomic E-state index is -0.410. The van der Waals surface area contributed by atoms with Crippen LogP contribution < -0.4 is 9.80 Å². The first kappa shape index (κ1) is 18.1. The molecule has 2 aliphatic rings. The van der Waals surface area contributed by atoms with Crippen LogP contribution in [0.5, 0.6) is 0 Å². The molecule has 7 heteroatoms. The highest BCUT2D eigenvalue weighted by molar-refractivity contribution is 9.10. The quantitative estimate of drug-likeness (QED) is 0.700. The number of carbonyl (C=O) groups excluding carboxylic acids is 2. The van der Waals surface area contributed by atoms with Crippen molar-refractivity contribution in [1.29, 1.82) is 0 Å². The van der Waals surface area contributed by atoms with Gasteiger partial charge in [0.1, 0.15) is 5.82 Å². The Morgan fingerprint density at radius 3 is 2.30 bits per heavy atom. The van der Waals surface area contributed by atoms with Crippen LogP contribution in [0.15, 0.2) is 53.0 Å². The Labute approximate surface area is 165 Å². The molecule has 140 valence electrons. The van der Waals surface area contributed by atoms with Gasteiger partial charge in [-0.05, 0) is 42.5 Å². The van der Waals surface area contributed by atoms with Crippen molar-refractivity contribution in [3.05, 3.63) is 58.8 Å². The SMILES string of the molecule is O=C1C[C@@H](N2CCN(c3ccc(F)cc3)CC2)C(=O)N1c1cccc(Br)c1. The van der Waals surface area contributed by atoms with Gasteiger partial charge in [-0.15, -0.1) is 0 Å². The molecular weight excluding hydrogens is 413 g/mol. The zero-order chi connectivity index (χ0) is 19.0. The highest BCUT2D eigenvalue weighted by atomic mass is 79.9. The van der Waals surface area contributed by atoms with Gasteiger partial charge in [0.05, 0.1) is 18.2 Å². The maximum absolute atomic E-state index is 13.1. The summed E-state index contributed by atoms with van der Waals surface area (Å²) in [5, 5.41) is 0. The van der Waals surface area contributed by atoms with Crippen LogP contribution in [0.1, 0.15) is 6.42 Å². The van der Waals surface area contributed by atoms with E-state index in [0.29, 0.717) is 18.8 Å². The maximum Gasteiger partial charge on any atom is 0.251 e. The molecule has 2 aromatic rings. The van der Waals surface area contributed by atoms with Crippen molar-refractivity contribution in [1.82, 2.24) is 4.90 Å². The van der Waals surface area contributed by atoms with Crippen molar-refractivity contribution in [2.24, 2.45) is 0 Å². The second-order valence-corrected chi connectivity index (χ2v) is 7.68. The van der Waals surface area contributed by atoms with Crippen molar-refractivity contribution in [3.8, 4) is 0 Å². The number of imide groups is 1. The Morgan fingerprint density at radius 2 is 1.63 bits per heavy atom. The summed E-state index contributed by atoms with van der Waals surface area (Å²) in [6.45, 7) is 2.85. The predicted molar refractivity (Wildman–Crippen MR) is 105 cm³/mol. The molecule has 0 aliphatic carbocycles. The molecule has 0 N–H and O–H groups in total. The van der Waals surface area contributed by atoms with Crippen LogP contribution in [0, 0.1) is 5.82 Å². The molecule has 0 saturated carbocycles. The van der Waals surface area contributed by atoms with Crippen molar-refractivity contribution < 1.29 is 14.0 Å². The van der Waals surface area contributed by atoms with E-state index in [1.807, 2.05) is 12.1 Å². The third-order valence-electron chi connectivity index (χ3n) is 5.14. The molecule has 2 aliphatic heterocycles. The smallest absolute Gasteiger partial charge is 0.251 e. The molecule has 2 amide bonds. The van der Waals surface area contributed by atoms with Crippen molar-refractivity contribution in [2.75, 3.05) is 36.0 Å². The molecule has 0 spiro atoms. The number of halogens is 2. The van der Waals surface area contributed by atoms with E-state index in [4.69, 9.17) is 0 Å². The van der Waals surface area contributed by atoms with Gasteiger partial charge in [-0.3, -0.25) is 14.5 Å². The summed E-state index contributed by atoms with van der Waals surface area (Å²) in [6.07, 6.45) is 0.210. The van der Waals surface area contributed by atoms with Crippen molar-refractivity contribution >= 4 is 39.1 Å².